The molecule has 0 amide bonds. The first-order valence-corrected chi connectivity index (χ1v) is 10.6. The summed E-state index contributed by atoms with van der Waals surface area (Å²) in [7, 11) is 16.8. The molecule has 2 aliphatic rings. The molecule has 1 unspecified atom stereocenters. The Morgan fingerprint density at radius 2 is 1.97 bits per heavy atom. The Hall–Kier alpha value is -2.62. The number of hydrogen-bond donors (Lipinski definition) is 2. The first kappa shape index (κ1) is 21.2. The van der Waals surface area contributed by atoms with Crippen molar-refractivity contribution in [1.29, 1.82) is 0 Å². The van der Waals surface area contributed by atoms with Crippen molar-refractivity contribution in [3.05, 3.63) is 35.7 Å². The molecule has 1 saturated carbocycles. The minimum Gasteiger partial charge on any atom is -0.514 e. The lowest BCUT2D eigenvalue weighted by molar-refractivity contribution is 0.312. The number of piperidine rings is 1. The molecule has 2 fully saturated rings. The molecular weight excluding hydrogens is 411 g/mol. The maximum atomic E-state index is 14.8. The lowest BCUT2D eigenvalue weighted by atomic mass is 9.52. The Balaban J connectivity index is 1.55. The van der Waals surface area contributed by atoms with Gasteiger partial charge in [0.2, 0.25) is 0 Å². The lowest BCUT2D eigenvalue weighted by Crippen LogP contribution is -2.38. The fraction of sp³-hybridized carbons (Fsp3) is 0.450. The van der Waals surface area contributed by atoms with Gasteiger partial charge in [0.05, 0.1) is 6.20 Å². The molecule has 5 rings (SSSR count). The fourth-order valence-corrected chi connectivity index (χ4v) is 3.90. The second-order valence-corrected chi connectivity index (χ2v) is 8.37. The van der Waals surface area contributed by atoms with Crippen LogP contribution in [0.4, 0.5) is 14.6 Å². The zero-order valence-electron chi connectivity index (χ0n) is 17.3. The highest BCUT2D eigenvalue weighted by atomic mass is 19.1. The summed E-state index contributed by atoms with van der Waals surface area (Å²) < 4.78 is 36.2. The van der Waals surface area contributed by atoms with Gasteiger partial charge in [-0.05, 0) is 37.5 Å². The number of fused-ring (bicyclic) bond motifs is 1. The van der Waals surface area contributed by atoms with Gasteiger partial charge in [0.15, 0.2) is 23.1 Å². The van der Waals surface area contributed by atoms with Gasteiger partial charge < -0.3 is 15.4 Å². The molecule has 2 N–H and O–H groups in total. The van der Waals surface area contributed by atoms with Crippen LogP contribution in [-0.2, 0) is 0 Å². The quantitative estimate of drug-likeness (QED) is 0.580. The summed E-state index contributed by atoms with van der Waals surface area (Å²) in [5.41, 5.74) is 1.19. The highest BCUT2D eigenvalue weighted by Crippen LogP contribution is 2.44. The minimum atomic E-state index is -1.88. The monoisotopic (exact) mass is 430 g/mol. The summed E-state index contributed by atoms with van der Waals surface area (Å²) in [5.74, 6) is -1.10. The van der Waals surface area contributed by atoms with E-state index in [1.807, 2.05) is 0 Å². The van der Waals surface area contributed by atoms with Gasteiger partial charge in [0.25, 0.3) is 0 Å². The van der Waals surface area contributed by atoms with Crippen molar-refractivity contribution >= 4 is 35.0 Å². The molecule has 6 radical (unpaired) electrons. The van der Waals surface area contributed by atoms with Crippen LogP contribution in [0.25, 0.3) is 17.0 Å². The van der Waals surface area contributed by atoms with Gasteiger partial charge in [-0.3, -0.25) is 0 Å². The van der Waals surface area contributed by atoms with Crippen LogP contribution in [0.5, 0.6) is 5.75 Å². The van der Waals surface area contributed by atoms with Crippen molar-refractivity contribution in [2.75, 3.05) is 18.4 Å². The molecule has 0 bridgehead atoms. The van der Waals surface area contributed by atoms with E-state index in [1.165, 1.54) is 10.7 Å². The predicted octanol–water partition coefficient (Wildman–Crippen LogP) is 1.61. The molecule has 7 nitrogen and oxygen atoms in total. The van der Waals surface area contributed by atoms with Gasteiger partial charge in [-0.15, -0.1) is 0 Å². The maximum absolute atomic E-state index is 14.8. The average Bonchev–Trinajstić information content (AvgIpc) is 3.50. The lowest BCUT2D eigenvalue weighted by Gasteiger charge is -2.25. The van der Waals surface area contributed by atoms with Gasteiger partial charge in [0.1, 0.15) is 46.4 Å². The number of anilines is 1. The molecule has 1 atom stereocenters. The Bertz CT molecular complexity index is 1160. The molecule has 0 spiro atoms. The van der Waals surface area contributed by atoms with Crippen molar-refractivity contribution in [2.24, 2.45) is 0 Å². The average molecular weight is 430 g/mol. The SMILES string of the molecule is [B]C([B])([B])Oc1cc2ncc(-c3nc(NC4CCCNC4)c(F)cc3F)n2nc1C1CC1. The zero-order valence-corrected chi connectivity index (χ0v) is 17.3. The summed E-state index contributed by atoms with van der Waals surface area (Å²) in [6.07, 6.45) is 5.10. The van der Waals surface area contributed by atoms with E-state index in [0.717, 1.165) is 38.3 Å². The molecule has 32 heavy (non-hydrogen) atoms. The van der Waals surface area contributed by atoms with Crippen LogP contribution >= 0.6 is 0 Å². The van der Waals surface area contributed by atoms with E-state index < -0.39 is 16.9 Å². The Morgan fingerprint density at radius 3 is 2.66 bits per heavy atom. The predicted molar refractivity (Wildman–Crippen MR) is 118 cm³/mol. The Kier molecular flexibility index (Phi) is 5.35. The molecule has 158 valence electrons. The third-order valence-electron chi connectivity index (χ3n) is 5.55. The van der Waals surface area contributed by atoms with Gasteiger partial charge in [0, 0.05) is 30.6 Å². The molecule has 1 saturated heterocycles. The smallest absolute Gasteiger partial charge is 0.168 e. The molecule has 3 aromatic heterocycles. The number of aromatic nitrogens is 4. The van der Waals surface area contributed by atoms with E-state index in [4.69, 9.17) is 28.3 Å². The molecule has 4 heterocycles. The molecule has 1 aliphatic heterocycles. The Morgan fingerprint density at radius 1 is 1.16 bits per heavy atom. The van der Waals surface area contributed by atoms with Crippen LogP contribution in [0.1, 0.15) is 37.3 Å². The normalized spacial score (nSPS) is 19.2. The number of hydrogen-bond acceptors (Lipinski definition) is 6. The van der Waals surface area contributed by atoms with E-state index in [2.05, 4.69) is 25.7 Å². The van der Waals surface area contributed by atoms with Crippen LogP contribution in [0.2, 0.25) is 0 Å². The molecule has 0 aromatic carbocycles. The number of nitrogens with zero attached hydrogens (tertiary/aromatic N) is 4. The number of pyridine rings is 1. The first-order chi connectivity index (χ1) is 15.3. The number of imidazole rings is 1. The number of rotatable bonds is 6. The van der Waals surface area contributed by atoms with Gasteiger partial charge in [-0.1, -0.05) is 0 Å². The van der Waals surface area contributed by atoms with E-state index in [1.54, 1.807) is 6.07 Å². The van der Waals surface area contributed by atoms with Crippen molar-refractivity contribution in [3.63, 3.8) is 0 Å². The summed E-state index contributed by atoms with van der Waals surface area (Å²) in [4.78, 5) is 8.53. The second-order valence-electron chi connectivity index (χ2n) is 8.37. The standard InChI is InChI=1S/C20H19B3F2N6O/c21-20(22,23)32-15-7-16-27-9-14(31(16)30-17(15)10-3-4-10)18-12(24)6-13(25)19(29-18)28-11-2-1-5-26-8-11/h6-7,9-11,26H,1-5,8H2,(H,28,29). The summed E-state index contributed by atoms with van der Waals surface area (Å²) in [5, 5.41) is 9.04. The summed E-state index contributed by atoms with van der Waals surface area (Å²) >= 11 is 0. The van der Waals surface area contributed by atoms with Crippen LogP contribution in [0, 0.1) is 11.6 Å². The van der Waals surface area contributed by atoms with E-state index >= 15 is 0 Å². The summed E-state index contributed by atoms with van der Waals surface area (Å²) in [6.45, 7) is 1.61. The molecule has 3 aromatic rings. The van der Waals surface area contributed by atoms with Crippen LogP contribution in [-0.4, -0.2) is 67.6 Å². The van der Waals surface area contributed by atoms with Gasteiger partial charge in [-0.2, -0.15) is 5.10 Å². The highest BCUT2D eigenvalue weighted by Gasteiger charge is 2.31. The molecule has 1 aliphatic carbocycles. The van der Waals surface area contributed by atoms with Crippen LogP contribution in [0.3, 0.4) is 0 Å². The van der Waals surface area contributed by atoms with Crippen LogP contribution in [0.15, 0.2) is 18.3 Å². The van der Waals surface area contributed by atoms with Crippen LogP contribution < -0.4 is 15.4 Å². The van der Waals surface area contributed by atoms with E-state index in [0.29, 0.717) is 23.6 Å². The number of halogens is 2. The Labute approximate surface area is 188 Å². The molecular formula is C20H19B3F2N6O. The minimum absolute atomic E-state index is 0.00778. The fourth-order valence-electron chi connectivity index (χ4n) is 3.90. The third-order valence-corrected chi connectivity index (χ3v) is 5.55. The van der Waals surface area contributed by atoms with E-state index in [-0.39, 0.29) is 29.2 Å². The van der Waals surface area contributed by atoms with Gasteiger partial charge >= 0.3 is 0 Å². The largest absolute Gasteiger partial charge is 0.514 e. The summed E-state index contributed by atoms with van der Waals surface area (Å²) in [6, 6.07) is 2.43. The maximum Gasteiger partial charge on any atom is 0.168 e. The van der Waals surface area contributed by atoms with Gasteiger partial charge in [-0.25, -0.2) is 23.3 Å². The topological polar surface area (TPSA) is 76.4 Å². The first-order valence-electron chi connectivity index (χ1n) is 10.6. The molecule has 12 heteroatoms. The number of ether oxygens (including phenoxy) is 1. The second kappa shape index (κ2) is 8.06. The third kappa shape index (κ3) is 4.33. The number of nitrogens with one attached hydrogen (secondary N) is 2. The van der Waals surface area contributed by atoms with E-state index in [9.17, 15) is 8.78 Å². The zero-order chi connectivity index (χ0) is 22.5. The van der Waals surface area contributed by atoms with Crippen molar-refractivity contribution in [2.45, 2.75) is 42.9 Å². The van der Waals surface area contributed by atoms with Crippen molar-refractivity contribution < 1.29 is 13.5 Å². The highest BCUT2D eigenvalue weighted by molar-refractivity contribution is 6.58. The van der Waals surface area contributed by atoms with Crippen molar-refractivity contribution in [3.8, 4) is 17.1 Å². The van der Waals surface area contributed by atoms with Crippen molar-refractivity contribution in [1.82, 2.24) is 24.9 Å².